The Morgan fingerprint density at radius 3 is 2.07 bits per heavy atom. The van der Waals surface area contributed by atoms with Crippen LogP contribution < -0.4 is 5.32 Å². The molecule has 2 aliphatic carbocycles. The second-order valence-corrected chi connectivity index (χ2v) is 22.2. The second-order valence-electron chi connectivity index (χ2n) is 22.2. The van der Waals surface area contributed by atoms with E-state index in [1.54, 1.807) is 10.9 Å². The Morgan fingerprint density at radius 2 is 1.43 bits per heavy atom. The molecular weight excluding hydrogens is 1080 g/mol. The molecule has 3 heterocycles. The van der Waals surface area contributed by atoms with E-state index in [2.05, 4.69) is 23.9 Å². The van der Waals surface area contributed by atoms with Gasteiger partial charge in [0.1, 0.15) is 55.5 Å². The van der Waals surface area contributed by atoms with Crippen LogP contribution in [0.1, 0.15) is 96.2 Å². The van der Waals surface area contributed by atoms with Crippen molar-refractivity contribution in [1.29, 1.82) is 0 Å². The van der Waals surface area contributed by atoms with E-state index in [1.807, 2.05) is 128 Å². The van der Waals surface area contributed by atoms with Crippen molar-refractivity contribution in [2.45, 2.75) is 172 Å². The minimum Gasteiger partial charge on any atom is -0.469 e. The van der Waals surface area contributed by atoms with Crippen molar-refractivity contribution in [3.05, 3.63) is 157 Å². The first-order chi connectivity index (χ1) is 41.5. The fourth-order valence-corrected chi connectivity index (χ4v) is 11.8. The van der Waals surface area contributed by atoms with Crippen LogP contribution in [0.25, 0.3) is 11.3 Å². The third-order valence-electron chi connectivity index (χ3n) is 16.4. The molecule has 1 aromatic heterocycles. The van der Waals surface area contributed by atoms with Gasteiger partial charge < -0.3 is 62.5 Å². The van der Waals surface area contributed by atoms with Crippen molar-refractivity contribution >= 4 is 18.0 Å². The zero-order chi connectivity index (χ0) is 59.5. The average molecular weight is 1160 g/mol. The van der Waals surface area contributed by atoms with Gasteiger partial charge in [-0.25, -0.2) is 14.3 Å². The number of ether oxygens (including phenoxy) is 11. The van der Waals surface area contributed by atoms with E-state index < -0.39 is 104 Å². The Balaban J connectivity index is 1.13. The highest BCUT2D eigenvalue weighted by atomic mass is 16.7. The normalized spacial score (nSPS) is 28.7. The van der Waals surface area contributed by atoms with E-state index in [0.29, 0.717) is 5.69 Å². The SMILES string of the molecule is [3H]CCOC[C@@H]1O[C@@H](O[C@@H]2CC(C(=O)OC)CC(n3cc(-c4ccccc4)nn3)[C@H]2O[C@@H]2OC(C)[C@@H](C)[C@H](OCc3ccccc3)C2OCc2ccccc2)C(NC(=O)OCC=C)C(O[C@@H](CC2CCCCC2)C(=O)OCc2ccccc2)[C@H]1O. The molecule has 0 spiro atoms. The summed E-state index contributed by atoms with van der Waals surface area (Å²) in [7, 11) is 1.32. The molecule has 2 aliphatic heterocycles. The van der Waals surface area contributed by atoms with Gasteiger partial charge in [-0.15, -0.1) is 5.10 Å². The fraction of sp³-hybridized carbons (Fsp3) is 0.523. The number of aliphatic hydroxyl groups is 1. The first kappa shape index (κ1) is 60.7. The predicted molar refractivity (Wildman–Crippen MR) is 308 cm³/mol. The number of carbonyl (C=O) groups excluding carboxylic acids is 3. The van der Waals surface area contributed by atoms with E-state index in [-0.39, 0.29) is 77.6 Å². The molecule has 6 unspecified atom stereocenters. The summed E-state index contributed by atoms with van der Waals surface area (Å²) in [6.07, 6.45) is -4.83. The van der Waals surface area contributed by atoms with Crippen LogP contribution in [0.4, 0.5) is 4.79 Å². The topological polar surface area (TPSA) is 216 Å². The third kappa shape index (κ3) is 16.5. The maximum atomic E-state index is 14.5. The maximum absolute atomic E-state index is 14.5. The highest BCUT2D eigenvalue weighted by molar-refractivity contribution is 5.75. The van der Waals surface area contributed by atoms with E-state index in [0.717, 1.165) is 54.4 Å². The summed E-state index contributed by atoms with van der Waals surface area (Å²) in [5.74, 6) is -2.11. The van der Waals surface area contributed by atoms with Gasteiger partial charge >= 0.3 is 18.0 Å². The Morgan fingerprint density at radius 1 is 0.786 bits per heavy atom. The van der Waals surface area contributed by atoms with Gasteiger partial charge in [0.05, 0.1) is 63.4 Å². The van der Waals surface area contributed by atoms with Crippen molar-refractivity contribution in [3.63, 3.8) is 0 Å². The van der Waals surface area contributed by atoms with Gasteiger partial charge in [-0.05, 0) is 55.7 Å². The molecule has 0 radical (unpaired) electrons. The van der Waals surface area contributed by atoms with Crippen LogP contribution in [-0.2, 0) is 81.5 Å². The van der Waals surface area contributed by atoms with Crippen LogP contribution >= 0.6 is 0 Å². The molecule has 1 amide bonds. The van der Waals surface area contributed by atoms with Crippen LogP contribution in [0, 0.1) is 17.8 Å². The van der Waals surface area contributed by atoms with Crippen molar-refractivity contribution in [3.8, 4) is 11.3 Å². The lowest BCUT2D eigenvalue weighted by molar-refractivity contribution is -0.341. The second kappa shape index (κ2) is 31.1. The van der Waals surface area contributed by atoms with Crippen LogP contribution in [-0.4, -0.2) is 139 Å². The molecule has 19 nitrogen and oxygen atoms in total. The van der Waals surface area contributed by atoms with E-state index in [1.165, 1.54) is 13.2 Å². The first-order valence-corrected chi connectivity index (χ1v) is 29.4. The van der Waals surface area contributed by atoms with Crippen molar-refractivity contribution < 1.29 is 73.0 Å². The summed E-state index contributed by atoms with van der Waals surface area (Å²) in [5.41, 5.74) is 4.00. The number of benzene rings is 4. The molecule has 5 aromatic rings. The van der Waals surface area contributed by atoms with Crippen molar-refractivity contribution in [1.82, 2.24) is 20.3 Å². The van der Waals surface area contributed by atoms with Gasteiger partial charge in [0, 0.05) is 19.5 Å². The fourth-order valence-electron chi connectivity index (χ4n) is 11.8. The molecule has 4 aromatic carbocycles. The zero-order valence-corrected chi connectivity index (χ0v) is 48.3. The number of nitrogens with zero attached hydrogens (tertiary/aromatic N) is 3. The number of alkyl carbamates (subject to hydrolysis) is 1. The number of nitrogens with one attached hydrogen (secondary N) is 1. The summed E-state index contributed by atoms with van der Waals surface area (Å²) in [4.78, 5) is 42.7. The Kier molecular flexibility index (Phi) is 22.5. The third-order valence-corrected chi connectivity index (χ3v) is 16.4. The minimum absolute atomic E-state index is 0.00119. The molecule has 2 saturated heterocycles. The Hall–Kier alpha value is -6.39. The summed E-state index contributed by atoms with van der Waals surface area (Å²) in [5, 5.41) is 24.7. The summed E-state index contributed by atoms with van der Waals surface area (Å²) in [6, 6.07) is 36.2. The number of methoxy groups -OCH3 is 1. The standard InChI is InChI=1S/C65H82N4O15/c1-6-33-76-65(73)66-55-59(81-53(34-44-23-13-8-14-24-44)62(72)79-40-47-29-19-11-20-30-47)56(70)54(41-75-7-2)83-63(55)82-52-36-49(61(71)74-5)35-51(69-37-50(67-68-69)48-31-21-12-22-32-48)58(52)84-64-60(78-39-46-27-17-10-18-28-46)57(42(3)43(4)80-64)77-38-45-25-15-9-16-26-45/h6,9-12,15-22,25-32,37,42-44,49,51-60,63-64,70H,1,7-8,13-14,23-24,33-36,38-41H2,2-5H3,(H,66,73)/t42-,43?,49?,51?,52-,53+,54+,55?,56+,57+,58-,59?,60?,63-,64+/m1/s1/i2T. The number of hydrogen-bond acceptors (Lipinski definition) is 17. The number of rotatable bonds is 26. The number of amides is 1. The first-order valence-electron chi connectivity index (χ1n) is 30.1. The Labute approximate surface area is 493 Å². The van der Waals surface area contributed by atoms with Crippen LogP contribution in [0.15, 0.2) is 140 Å². The summed E-state index contributed by atoms with van der Waals surface area (Å²) in [6.45, 7) is 7.66. The van der Waals surface area contributed by atoms with Crippen LogP contribution in [0.2, 0.25) is 0 Å². The molecule has 452 valence electrons. The number of hydrogen-bond donors (Lipinski definition) is 2. The summed E-state index contributed by atoms with van der Waals surface area (Å²) >= 11 is 0. The van der Waals surface area contributed by atoms with E-state index in [9.17, 15) is 19.5 Å². The number of aliphatic hydroxyl groups excluding tert-OH is 1. The number of esters is 2. The van der Waals surface area contributed by atoms with Crippen LogP contribution in [0.5, 0.6) is 0 Å². The predicted octanol–water partition coefficient (Wildman–Crippen LogP) is 9.26. The highest BCUT2D eigenvalue weighted by Gasteiger charge is 2.55. The van der Waals surface area contributed by atoms with Crippen LogP contribution in [0.3, 0.4) is 0 Å². The molecule has 0 bridgehead atoms. The minimum atomic E-state index is -1.57. The number of carbonyl (C=O) groups is 3. The number of aromatic nitrogens is 3. The molecule has 19 heteroatoms. The molecule has 4 fully saturated rings. The summed E-state index contributed by atoms with van der Waals surface area (Å²) < 4.78 is 81.5. The molecule has 4 aliphatic rings. The lowest BCUT2D eigenvalue weighted by Crippen LogP contribution is -2.67. The molecule has 84 heavy (non-hydrogen) atoms. The van der Waals surface area contributed by atoms with Crippen molar-refractivity contribution in [2.24, 2.45) is 17.8 Å². The average Bonchev–Trinajstić information content (AvgIpc) is 3.42. The smallest absolute Gasteiger partial charge is 0.407 e. The van der Waals surface area contributed by atoms with Gasteiger partial charge in [-0.3, -0.25) is 4.79 Å². The highest BCUT2D eigenvalue weighted by Crippen LogP contribution is 2.43. The van der Waals surface area contributed by atoms with E-state index in [4.69, 9.17) is 58.7 Å². The largest absolute Gasteiger partial charge is 0.469 e. The monoisotopic (exact) mass is 1160 g/mol. The van der Waals surface area contributed by atoms with Gasteiger partial charge in [0.15, 0.2) is 18.7 Å². The Bertz CT molecular complexity index is 2820. The van der Waals surface area contributed by atoms with Gasteiger partial charge in [0.25, 0.3) is 0 Å². The zero-order valence-electron chi connectivity index (χ0n) is 49.3. The molecule has 9 rings (SSSR count). The van der Waals surface area contributed by atoms with Crippen molar-refractivity contribution in [2.75, 3.05) is 26.9 Å². The van der Waals surface area contributed by atoms with Gasteiger partial charge in [-0.2, -0.15) is 0 Å². The maximum Gasteiger partial charge on any atom is 0.407 e. The van der Waals surface area contributed by atoms with Gasteiger partial charge in [-0.1, -0.05) is 178 Å². The molecule has 2 N–H and O–H groups in total. The lowest BCUT2D eigenvalue weighted by atomic mass is 9.81. The van der Waals surface area contributed by atoms with E-state index >= 15 is 0 Å². The lowest BCUT2D eigenvalue weighted by Gasteiger charge is -2.50. The quantitative estimate of drug-likeness (QED) is 0.0228. The molecule has 2 saturated carbocycles. The molecule has 15 atom stereocenters. The van der Waals surface area contributed by atoms with Gasteiger partial charge in [0.2, 0.25) is 0 Å². The molecular formula is C65H82N4O15.